The molecule has 1 aliphatic heterocycles. The van der Waals surface area contributed by atoms with Crippen LogP contribution in [0.5, 0.6) is 0 Å². The Morgan fingerprint density at radius 1 is 1.17 bits per heavy atom. The number of anilines is 1. The molecule has 1 fully saturated rings. The van der Waals surface area contributed by atoms with Crippen LogP contribution in [-0.4, -0.2) is 30.1 Å². The molecule has 1 aliphatic rings. The van der Waals surface area contributed by atoms with Gasteiger partial charge < -0.3 is 9.64 Å². The Hall–Kier alpha value is -2.47. The van der Waals surface area contributed by atoms with Crippen molar-refractivity contribution in [1.29, 1.82) is 0 Å². The van der Waals surface area contributed by atoms with Gasteiger partial charge in [-0.25, -0.2) is 14.2 Å². The van der Waals surface area contributed by atoms with Gasteiger partial charge in [-0.05, 0) is 24.3 Å². The van der Waals surface area contributed by atoms with Crippen LogP contribution in [0.2, 0.25) is 0 Å². The summed E-state index contributed by atoms with van der Waals surface area (Å²) in [5, 5.41) is 0.921. The lowest BCUT2D eigenvalue weighted by Crippen LogP contribution is -2.53. The van der Waals surface area contributed by atoms with Gasteiger partial charge in [-0.2, -0.15) is 0 Å². The van der Waals surface area contributed by atoms with Gasteiger partial charge in [-0.15, -0.1) is 0 Å². The minimum Gasteiger partial charge on any atom is -0.455 e. The first kappa shape index (κ1) is 14.1. The number of benzene rings is 2. The number of halogens is 1. The lowest BCUT2D eigenvalue weighted by molar-refractivity contribution is 0.0229. The van der Waals surface area contributed by atoms with E-state index in [9.17, 15) is 9.18 Å². The SMILES string of the molecule is O=C(OC1CN(c2nc3ccccc3s2)C1)c1ccccc1F. The van der Waals surface area contributed by atoms with Crippen LogP contribution in [0.4, 0.5) is 9.52 Å². The highest BCUT2D eigenvalue weighted by atomic mass is 32.1. The number of carbonyl (C=O) groups excluding carboxylic acids is 1. The summed E-state index contributed by atoms with van der Waals surface area (Å²) in [7, 11) is 0. The van der Waals surface area contributed by atoms with E-state index in [0.29, 0.717) is 13.1 Å². The quantitative estimate of drug-likeness (QED) is 0.690. The van der Waals surface area contributed by atoms with Crippen LogP contribution in [0, 0.1) is 5.82 Å². The molecule has 2 aromatic carbocycles. The summed E-state index contributed by atoms with van der Waals surface area (Å²) in [5.74, 6) is -1.17. The molecule has 4 rings (SSSR count). The van der Waals surface area contributed by atoms with Crippen LogP contribution in [0.3, 0.4) is 0 Å². The fourth-order valence-electron chi connectivity index (χ4n) is 2.51. The first-order valence-electron chi connectivity index (χ1n) is 7.27. The fraction of sp³-hybridized carbons (Fsp3) is 0.176. The predicted octanol–water partition coefficient (Wildman–Crippen LogP) is 3.48. The lowest BCUT2D eigenvalue weighted by Gasteiger charge is -2.38. The third-order valence-corrected chi connectivity index (χ3v) is 4.87. The minimum atomic E-state index is -0.614. The number of thiazole rings is 1. The molecular formula is C17H13FN2O2S. The highest BCUT2D eigenvalue weighted by Gasteiger charge is 2.32. The molecule has 0 aliphatic carbocycles. The van der Waals surface area contributed by atoms with Crippen LogP contribution in [-0.2, 0) is 4.74 Å². The standard InChI is InChI=1S/C17H13FN2O2S/c18-13-6-2-1-5-12(13)16(21)22-11-9-20(10-11)17-19-14-7-3-4-8-15(14)23-17/h1-8,11H,9-10H2. The predicted molar refractivity (Wildman–Crippen MR) is 87.4 cm³/mol. The first-order chi connectivity index (χ1) is 11.2. The molecular weight excluding hydrogens is 315 g/mol. The Kier molecular flexibility index (Phi) is 3.46. The molecule has 6 heteroatoms. The van der Waals surface area contributed by atoms with Gasteiger partial charge in [0, 0.05) is 0 Å². The summed E-state index contributed by atoms with van der Waals surface area (Å²) in [6, 6.07) is 13.8. The Bertz CT molecular complexity index is 841. The van der Waals surface area contributed by atoms with Gasteiger partial charge in [0.05, 0.1) is 28.9 Å². The Labute approximate surface area is 136 Å². The molecule has 1 aromatic heterocycles. The van der Waals surface area contributed by atoms with Gasteiger partial charge >= 0.3 is 5.97 Å². The number of fused-ring (bicyclic) bond motifs is 1. The summed E-state index contributed by atoms with van der Waals surface area (Å²) >= 11 is 1.62. The van der Waals surface area contributed by atoms with Crippen molar-refractivity contribution in [2.45, 2.75) is 6.10 Å². The van der Waals surface area contributed by atoms with Crippen LogP contribution >= 0.6 is 11.3 Å². The third kappa shape index (κ3) is 2.66. The van der Waals surface area contributed by atoms with Gasteiger partial charge in [-0.3, -0.25) is 0 Å². The minimum absolute atomic E-state index is 0.0223. The molecule has 0 unspecified atom stereocenters. The molecule has 0 bridgehead atoms. The number of hydrogen-bond donors (Lipinski definition) is 0. The zero-order valence-corrected chi connectivity index (χ0v) is 12.9. The zero-order valence-electron chi connectivity index (χ0n) is 12.1. The van der Waals surface area contributed by atoms with Crippen LogP contribution in [0.25, 0.3) is 10.2 Å². The zero-order chi connectivity index (χ0) is 15.8. The van der Waals surface area contributed by atoms with E-state index in [1.165, 1.54) is 12.1 Å². The Balaban J connectivity index is 1.40. The highest BCUT2D eigenvalue weighted by molar-refractivity contribution is 7.22. The Morgan fingerprint density at radius 3 is 2.70 bits per heavy atom. The summed E-state index contributed by atoms with van der Waals surface area (Å²) in [4.78, 5) is 18.6. The second-order valence-corrected chi connectivity index (χ2v) is 6.39. The van der Waals surface area contributed by atoms with Crippen LogP contribution in [0.15, 0.2) is 48.5 Å². The maximum absolute atomic E-state index is 13.6. The van der Waals surface area contributed by atoms with E-state index in [2.05, 4.69) is 9.88 Å². The maximum atomic E-state index is 13.6. The molecule has 2 heterocycles. The normalized spacial score (nSPS) is 14.7. The lowest BCUT2D eigenvalue weighted by atomic mass is 10.1. The van der Waals surface area contributed by atoms with E-state index in [-0.39, 0.29) is 11.7 Å². The number of carbonyl (C=O) groups is 1. The van der Waals surface area contributed by atoms with Gasteiger partial charge in [0.2, 0.25) is 0 Å². The van der Waals surface area contributed by atoms with Crippen molar-refractivity contribution in [3.05, 3.63) is 59.9 Å². The van der Waals surface area contributed by atoms with E-state index in [1.807, 2.05) is 24.3 Å². The highest BCUT2D eigenvalue weighted by Crippen LogP contribution is 2.31. The summed E-state index contributed by atoms with van der Waals surface area (Å²) in [6.45, 7) is 1.17. The molecule has 23 heavy (non-hydrogen) atoms. The molecule has 0 saturated carbocycles. The topological polar surface area (TPSA) is 42.4 Å². The average Bonchev–Trinajstić information content (AvgIpc) is 2.94. The Morgan fingerprint density at radius 2 is 1.91 bits per heavy atom. The van der Waals surface area contributed by atoms with E-state index in [4.69, 9.17) is 4.74 Å². The smallest absolute Gasteiger partial charge is 0.341 e. The van der Waals surface area contributed by atoms with Gasteiger partial charge in [0.1, 0.15) is 11.9 Å². The van der Waals surface area contributed by atoms with Crippen molar-refractivity contribution in [1.82, 2.24) is 4.98 Å². The van der Waals surface area contributed by atoms with Crippen molar-refractivity contribution < 1.29 is 13.9 Å². The molecule has 0 radical (unpaired) electrons. The van der Waals surface area contributed by atoms with E-state index in [0.717, 1.165) is 15.3 Å². The first-order valence-corrected chi connectivity index (χ1v) is 8.08. The van der Waals surface area contributed by atoms with Crippen molar-refractivity contribution in [3.8, 4) is 0 Å². The van der Waals surface area contributed by atoms with Gasteiger partial charge in [-0.1, -0.05) is 35.6 Å². The number of rotatable bonds is 3. The molecule has 0 spiro atoms. The number of para-hydroxylation sites is 1. The van der Waals surface area contributed by atoms with Crippen LogP contribution < -0.4 is 4.90 Å². The van der Waals surface area contributed by atoms with E-state index < -0.39 is 11.8 Å². The maximum Gasteiger partial charge on any atom is 0.341 e. The van der Waals surface area contributed by atoms with E-state index >= 15 is 0 Å². The summed E-state index contributed by atoms with van der Waals surface area (Å²) in [5.41, 5.74) is 0.949. The average molecular weight is 328 g/mol. The second-order valence-electron chi connectivity index (χ2n) is 5.38. The van der Waals surface area contributed by atoms with Gasteiger partial charge in [0.15, 0.2) is 5.13 Å². The summed E-state index contributed by atoms with van der Waals surface area (Å²) in [6.07, 6.45) is -0.228. The van der Waals surface area contributed by atoms with Crippen molar-refractivity contribution >= 4 is 32.7 Å². The number of hydrogen-bond acceptors (Lipinski definition) is 5. The summed E-state index contributed by atoms with van der Waals surface area (Å²) < 4.78 is 20.0. The number of esters is 1. The molecule has 1 saturated heterocycles. The second kappa shape index (κ2) is 5.62. The fourth-order valence-corrected chi connectivity index (χ4v) is 3.49. The number of nitrogens with zero attached hydrogens (tertiary/aromatic N) is 2. The monoisotopic (exact) mass is 328 g/mol. The third-order valence-electron chi connectivity index (χ3n) is 3.77. The molecule has 0 atom stereocenters. The van der Waals surface area contributed by atoms with Crippen molar-refractivity contribution in [2.24, 2.45) is 0 Å². The van der Waals surface area contributed by atoms with Crippen molar-refractivity contribution in [2.75, 3.05) is 18.0 Å². The van der Waals surface area contributed by atoms with Crippen molar-refractivity contribution in [3.63, 3.8) is 0 Å². The van der Waals surface area contributed by atoms with E-state index in [1.54, 1.807) is 23.5 Å². The van der Waals surface area contributed by atoms with Gasteiger partial charge in [0.25, 0.3) is 0 Å². The van der Waals surface area contributed by atoms with Crippen LogP contribution in [0.1, 0.15) is 10.4 Å². The number of aromatic nitrogens is 1. The molecule has 0 N–H and O–H groups in total. The molecule has 0 amide bonds. The molecule has 3 aromatic rings. The molecule has 116 valence electrons. The molecule has 4 nitrogen and oxygen atoms in total. The largest absolute Gasteiger partial charge is 0.455 e. The number of ether oxygens (including phenoxy) is 1.